The molecule has 3 N–H and O–H groups in total. The average molecular weight is 275 g/mol. The van der Waals surface area contributed by atoms with Crippen molar-refractivity contribution >= 4 is 17.3 Å². The van der Waals surface area contributed by atoms with Gasteiger partial charge in [0.25, 0.3) is 5.69 Å². The molecule has 106 valence electrons. The normalized spacial score (nSPS) is 18.1. The largest absolute Gasteiger partial charge is 0.376 e. The molecule has 0 atom stereocenters. The number of nitrogens with one attached hydrogen (secondary N) is 1. The first-order chi connectivity index (χ1) is 9.56. The SMILES string of the molecule is NC(=O)c1ccc(NC(C2CC2)C2CC2)c([N+](=O)[O-])c1. The topological polar surface area (TPSA) is 98.3 Å². The fourth-order valence-corrected chi connectivity index (χ4v) is 2.67. The molecule has 6 heteroatoms. The van der Waals surface area contributed by atoms with E-state index in [1.165, 1.54) is 37.8 Å². The van der Waals surface area contributed by atoms with E-state index in [2.05, 4.69) is 5.32 Å². The Balaban J connectivity index is 1.87. The molecular weight excluding hydrogens is 258 g/mol. The Bertz CT molecular complexity index is 553. The van der Waals surface area contributed by atoms with E-state index in [0.29, 0.717) is 23.6 Å². The Hall–Kier alpha value is -2.11. The van der Waals surface area contributed by atoms with Gasteiger partial charge in [-0.3, -0.25) is 14.9 Å². The Morgan fingerprint density at radius 3 is 2.35 bits per heavy atom. The van der Waals surface area contributed by atoms with Crippen LogP contribution in [0, 0.1) is 22.0 Å². The standard InChI is InChI=1S/C14H17N3O3/c15-14(18)10-5-6-11(12(7-10)17(19)20)16-13(8-1-2-8)9-3-4-9/h5-9,13,16H,1-4H2,(H2,15,18). The highest BCUT2D eigenvalue weighted by atomic mass is 16.6. The lowest BCUT2D eigenvalue weighted by molar-refractivity contribution is -0.384. The van der Waals surface area contributed by atoms with Gasteiger partial charge in [0.2, 0.25) is 5.91 Å². The van der Waals surface area contributed by atoms with Gasteiger partial charge in [-0.15, -0.1) is 0 Å². The molecule has 1 aromatic carbocycles. The molecule has 2 fully saturated rings. The Labute approximate surface area is 116 Å². The molecule has 0 saturated heterocycles. The quantitative estimate of drug-likeness (QED) is 0.614. The highest BCUT2D eigenvalue weighted by Crippen LogP contribution is 2.46. The predicted molar refractivity (Wildman–Crippen MR) is 74.5 cm³/mol. The Morgan fingerprint density at radius 1 is 1.30 bits per heavy atom. The van der Waals surface area contributed by atoms with Crippen LogP contribution in [-0.4, -0.2) is 16.9 Å². The molecule has 2 aliphatic rings. The number of hydrogen-bond acceptors (Lipinski definition) is 4. The third-order valence-electron chi connectivity index (χ3n) is 4.06. The summed E-state index contributed by atoms with van der Waals surface area (Å²) in [5, 5.41) is 14.5. The first-order valence-electron chi connectivity index (χ1n) is 6.91. The molecule has 0 heterocycles. The van der Waals surface area contributed by atoms with E-state index >= 15 is 0 Å². The van der Waals surface area contributed by atoms with Gasteiger partial charge in [-0.25, -0.2) is 0 Å². The van der Waals surface area contributed by atoms with Crippen LogP contribution < -0.4 is 11.1 Å². The monoisotopic (exact) mass is 275 g/mol. The second-order valence-corrected chi connectivity index (χ2v) is 5.70. The van der Waals surface area contributed by atoms with Crippen molar-refractivity contribution in [1.82, 2.24) is 0 Å². The fourth-order valence-electron chi connectivity index (χ4n) is 2.67. The molecule has 6 nitrogen and oxygen atoms in total. The van der Waals surface area contributed by atoms with Gasteiger partial charge in [-0.2, -0.15) is 0 Å². The number of carbonyl (C=O) groups is 1. The molecule has 0 unspecified atom stereocenters. The van der Waals surface area contributed by atoms with Gasteiger partial charge in [0, 0.05) is 17.7 Å². The third kappa shape index (κ3) is 2.59. The van der Waals surface area contributed by atoms with E-state index in [1.807, 2.05) is 0 Å². The van der Waals surface area contributed by atoms with Crippen LogP contribution in [0.15, 0.2) is 18.2 Å². The number of nitro benzene ring substituents is 1. The van der Waals surface area contributed by atoms with Crippen LogP contribution in [0.3, 0.4) is 0 Å². The summed E-state index contributed by atoms with van der Waals surface area (Å²) in [4.78, 5) is 21.8. The fraction of sp³-hybridized carbons (Fsp3) is 0.500. The maximum atomic E-state index is 11.2. The molecule has 0 radical (unpaired) electrons. The second-order valence-electron chi connectivity index (χ2n) is 5.70. The van der Waals surface area contributed by atoms with Crippen LogP contribution in [-0.2, 0) is 0 Å². The number of amides is 1. The Kier molecular flexibility index (Phi) is 3.08. The van der Waals surface area contributed by atoms with Crippen LogP contribution in [0.2, 0.25) is 0 Å². The summed E-state index contributed by atoms with van der Waals surface area (Å²) in [5.74, 6) is 0.622. The van der Waals surface area contributed by atoms with Crippen molar-refractivity contribution in [2.75, 3.05) is 5.32 Å². The number of hydrogen-bond donors (Lipinski definition) is 2. The van der Waals surface area contributed by atoms with Crippen molar-refractivity contribution in [2.45, 2.75) is 31.7 Å². The average Bonchev–Trinajstić information content (AvgIpc) is 3.28. The summed E-state index contributed by atoms with van der Waals surface area (Å²) >= 11 is 0. The van der Waals surface area contributed by atoms with E-state index in [4.69, 9.17) is 5.73 Å². The first-order valence-corrected chi connectivity index (χ1v) is 6.91. The molecular formula is C14H17N3O3. The number of nitrogens with zero attached hydrogens (tertiary/aromatic N) is 1. The van der Waals surface area contributed by atoms with Crippen molar-refractivity contribution < 1.29 is 9.72 Å². The van der Waals surface area contributed by atoms with Crippen molar-refractivity contribution in [1.29, 1.82) is 0 Å². The summed E-state index contributed by atoms with van der Waals surface area (Å²) in [6, 6.07) is 4.71. The number of primary amides is 1. The van der Waals surface area contributed by atoms with Gasteiger partial charge in [0.15, 0.2) is 0 Å². The van der Waals surface area contributed by atoms with Crippen LogP contribution in [0.5, 0.6) is 0 Å². The zero-order chi connectivity index (χ0) is 14.3. The highest BCUT2D eigenvalue weighted by Gasteiger charge is 2.42. The summed E-state index contributed by atoms with van der Waals surface area (Å²) in [6.07, 6.45) is 4.78. The molecule has 0 aliphatic heterocycles. The minimum Gasteiger partial charge on any atom is -0.376 e. The lowest BCUT2D eigenvalue weighted by Crippen LogP contribution is -2.24. The van der Waals surface area contributed by atoms with E-state index in [9.17, 15) is 14.9 Å². The van der Waals surface area contributed by atoms with Crippen molar-refractivity contribution in [2.24, 2.45) is 17.6 Å². The summed E-state index contributed by atoms with van der Waals surface area (Å²) < 4.78 is 0. The minimum absolute atomic E-state index is 0.0763. The van der Waals surface area contributed by atoms with Crippen LogP contribution in [0.25, 0.3) is 0 Å². The third-order valence-corrected chi connectivity index (χ3v) is 4.06. The van der Waals surface area contributed by atoms with E-state index in [-0.39, 0.29) is 11.3 Å². The molecule has 0 spiro atoms. The lowest BCUT2D eigenvalue weighted by atomic mass is 10.1. The minimum atomic E-state index is -0.652. The lowest BCUT2D eigenvalue weighted by Gasteiger charge is -2.19. The molecule has 0 aromatic heterocycles. The summed E-state index contributed by atoms with van der Waals surface area (Å²) in [7, 11) is 0. The Morgan fingerprint density at radius 2 is 1.90 bits per heavy atom. The maximum Gasteiger partial charge on any atom is 0.293 e. The van der Waals surface area contributed by atoms with E-state index in [0.717, 1.165) is 0 Å². The van der Waals surface area contributed by atoms with E-state index < -0.39 is 10.8 Å². The van der Waals surface area contributed by atoms with Gasteiger partial charge >= 0.3 is 0 Å². The molecule has 2 aliphatic carbocycles. The number of rotatable bonds is 6. The van der Waals surface area contributed by atoms with Gasteiger partial charge in [0.1, 0.15) is 5.69 Å². The molecule has 1 aromatic rings. The smallest absolute Gasteiger partial charge is 0.293 e. The molecule has 0 bridgehead atoms. The number of nitro groups is 1. The first kappa shape index (κ1) is 12.9. The predicted octanol–water partition coefficient (Wildman–Crippen LogP) is 2.29. The molecule has 20 heavy (non-hydrogen) atoms. The summed E-state index contributed by atoms with van der Waals surface area (Å²) in [6.45, 7) is 0. The van der Waals surface area contributed by atoms with Crippen LogP contribution in [0.4, 0.5) is 11.4 Å². The number of carbonyl (C=O) groups excluding carboxylic acids is 1. The molecule has 3 rings (SSSR count). The number of benzene rings is 1. The molecule has 1 amide bonds. The van der Waals surface area contributed by atoms with Crippen molar-refractivity contribution in [3.05, 3.63) is 33.9 Å². The van der Waals surface area contributed by atoms with Crippen LogP contribution >= 0.6 is 0 Å². The van der Waals surface area contributed by atoms with Crippen molar-refractivity contribution in [3.8, 4) is 0 Å². The highest BCUT2D eigenvalue weighted by molar-refractivity contribution is 5.94. The number of anilines is 1. The zero-order valence-electron chi connectivity index (χ0n) is 11.0. The van der Waals surface area contributed by atoms with E-state index in [1.54, 1.807) is 6.07 Å². The maximum absolute atomic E-state index is 11.2. The van der Waals surface area contributed by atoms with Gasteiger partial charge in [0.05, 0.1) is 4.92 Å². The van der Waals surface area contributed by atoms with Gasteiger partial charge in [-0.05, 0) is 49.7 Å². The number of nitrogens with two attached hydrogens (primary N) is 1. The van der Waals surface area contributed by atoms with Crippen molar-refractivity contribution in [3.63, 3.8) is 0 Å². The zero-order valence-corrected chi connectivity index (χ0v) is 11.0. The van der Waals surface area contributed by atoms with Crippen LogP contribution in [0.1, 0.15) is 36.0 Å². The molecule has 2 saturated carbocycles. The van der Waals surface area contributed by atoms with Gasteiger partial charge < -0.3 is 11.1 Å². The summed E-state index contributed by atoms with van der Waals surface area (Å²) in [5.41, 5.74) is 5.75. The van der Waals surface area contributed by atoms with Gasteiger partial charge in [-0.1, -0.05) is 0 Å². The second kappa shape index (κ2) is 4.77.